The number of aromatic nitrogens is 4. The molecule has 0 radical (unpaired) electrons. The van der Waals surface area contributed by atoms with Crippen LogP contribution in [0.4, 0.5) is 22.0 Å². The molecule has 1 saturated carbocycles. The zero-order valence-electron chi connectivity index (χ0n) is 16.4. The van der Waals surface area contributed by atoms with Gasteiger partial charge in [0, 0.05) is 12.0 Å². The summed E-state index contributed by atoms with van der Waals surface area (Å²) in [6.07, 6.45) is 6.51. The van der Waals surface area contributed by atoms with Crippen LogP contribution >= 0.6 is 0 Å². The zero-order valence-corrected chi connectivity index (χ0v) is 16.4. The highest BCUT2D eigenvalue weighted by Gasteiger charge is 2.28. The Bertz CT molecular complexity index is 1020. The first-order chi connectivity index (χ1) is 14.2. The number of anilines is 3. The Morgan fingerprint density at radius 1 is 1.03 bits per heavy atom. The number of nitrogens with zero attached hydrogens (tertiary/aromatic N) is 4. The molecule has 2 aromatic heterocycles. The lowest BCUT2D eigenvalue weighted by Crippen LogP contribution is -2.30. The van der Waals surface area contributed by atoms with Crippen molar-refractivity contribution >= 4 is 28.7 Å². The number of halogens is 1. The van der Waals surface area contributed by atoms with Crippen molar-refractivity contribution in [1.82, 2.24) is 24.8 Å². The van der Waals surface area contributed by atoms with Gasteiger partial charge in [0.2, 0.25) is 11.9 Å². The number of fused-ring (bicyclic) bond motifs is 1. The van der Waals surface area contributed by atoms with E-state index >= 15 is 0 Å². The van der Waals surface area contributed by atoms with Gasteiger partial charge >= 0.3 is 0 Å². The van der Waals surface area contributed by atoms with E-state index in [2.05, 4.69) is 25.2 Å². The van der Waals surface area contributed by atoms with Crippen LogP contribution in [0, 0.1) is 5.82 Å². The molecule has 29 heavy (non-hydrogen) atoms. The third-order valence-corrected chi connectivity index (χ3v) is 6.12. The van der Waals surface area contributed by atoms with Gasteiger partial charge in [-0.15, -0.1) is 0 Å². The topological polar surface area (TPSA) is 93.7 Å². The largest absolute Gasteiger partial charge is 0.368 e. The molecule has 3 heterocycles. The Labute approximate surface area is 168 Å². The molecule has 1 aliphatic carbocycles. The van der Waals surface area contributed by atoms with E-state index < -0.39 is 0 Å². The molecule has 0 amide bonds. The molecule has 0 atom stereocenters. The number of rotatable bonds is 4. The third-order valence-electron chi connectivity index (χ3n) is 6.12. The van der Waals surface area contributed by atoms with Gasteiger partial charge in [-0.05, 0) is 50.9 Å². The van der Waals surface area contributed by atoms with Crippen molar-refractivity contribution in [3.8, 4) is 0 Å². The first kappa shape index (κ1) is 18.3. The van der Waals surface area contributed by atoms with Crippen LogP contribution in [-0.2, 0) is 0 Å². The van der Waals surface area contributed by atoms with Crippen molar-refractivity contribution in [3.05, 3.63) is 35.8 Å². The minimum atomic E-state index is -0.307. The van der Waals surface area contributed by atoms with Crippen molar-refractivity contribution in [2.24, 2.45) is 0 Å². The maximum atomic E-state index is 14.3. The van der Waals surface area contributed by atoms with Gasteiger partial charge in [-0.3, -0.25) is 4.57 Å². The summed E-state index contributed by atoms with van der Waals surface area (Å²) < 4.78 is 16.4. The molecule has 1 saturated heterocycles. The molecule has 0 unspecified atom stereocenters. The Morgan fingerprint density at radius 2 is 1.79 bits per heavy atom. The van der Waals surface area contributed by atoms with E-state index in [1.54, 1.807) is 12.1 Å². The van der Waals surface area contributed by atoms with E-state index in [0.717, 1.165) is 55.6 Å². The lowest BCUT2D eigenvalue weighted by Gasteiger charge is -2.26. The molecule has 0 spiro atoms. The standard InChI is InChI=1S/C21H26FN7/c22-15-7-3-4-8-16(15)25-21-27-18-17(13-5-1-2-6-13)26-20(23)28-19(18)29(21)14-9-11-24-12-10-14/h3-4,7-8,13-14,24H,1-2,5-6,9-12H2,(H,25,27)(H2,23,26,28). The minimum Gasteiger partial charge on any atom is -0.368 e. The van der Waals surface area contributed by atoms with E-state index in [9.17, 15) is 4.39 Å². The molecule has 1 aliphatic heterocycles. The van der Waals surface area contributed by atoms with Crippen LogP contribution in [-0.4, -0.2) is 32.6 Å². The Balaban J connectivity index is 1.67. The first-order valence-corrected chi connectivity index (χ1v) is 10.5. The molecule has 152 valence electrons. The summed E-state index contributed by atoms with van der Waals surface area (Å²) in [4.78, 5) is 14.1. The van der Waals surface area contributed by atoms with E-state index in [4.69, 9.17) is 10.7 Å². The van der Waals surface area contributed by atoms with Crippen LogP contribution in [0.1, 0.15) is 56.2 Å². The summed E-state index contributed by atoms with van der Waals surface area (Å²) in [5.41, 5.74) is 9.01. The fraction of sp³-hybridized carbons (Fsp3) is 0.476. The number of hydrogen-bond donors (Lipinski definition) is 3. The average Bonchev–Trinajstić information content (AvgIpc) is 3.38. The molecule has 2 aliphatic rings. The number of piperidine rings is 1. The second kappa shape index (κ2) is 7.59. The smallest absolute Gasteiger partial charge is 0.222 e. The Morgan fingerprint density at radius 3 is 2.55 bits per heavy atom. The van der Waals surface area contributed by atoms with Crippen LogP contribution in [0.15, 0.2) is 24.3 Å². The highest BCUT2D eigenvalue weighted by atomic mass is 19.1. The van der Waals surface area contributed by atoms with Gasteiger partial charge in [-0.1, -0.05) is 25.0 Å². The quantitative estimate of drug-likeness (QED) is 0.621. The zero-order chi connectivity index (χ0) is 19.8. The summed E-state index contributed by atoms with van der Waals surface area (Å²) in [5, 5.41) is 6.61. The molecule has 1 aromatic carbocycles. The van der Waals surface area contributed by atoms with Crippen LogP contribution in [0.3, 0.4) is 0 Å². The van der Waals surface area contributed by atoms with Gasteiger partial charge in [-0.2, -0.15) is 4.98 Å². The highest BCUT2D eigenvalue weighted by Crippen LogP contribution is 2.39. The van der Waals surface area contributed by atoms with Crippen molar-refractivity contribution in [3.63, 3.8) is 0 Å². The summed E-state index contributed by atoms with van der Waals surface area (Å²) in [6.45, 7) is 1.86. The number of imidazole rings is 1. The van der Waals surface area contributed by atoms with Crippen molar-refractivity contribution in [1.29, 1.82) is 0 Å². The van der Waals surface area contributed by atoms with E-state index in [-0.39, 0.29) is 17.8 Å². The second-order valence-electron chi connectivity index (χ2n) is 8.01. The molecule has 8 heteroatoms. The fourth-order valence-corrected chi connectivity index (χ4v) is 4.68. The monoisotopic (exact) mass is 395 g/mol. The molecule has 4 N–H and O–H groups in total. The maximum absolute atomic E-state index is 14.3. The third kappa shape index (κ3) is 3.42. The van der Waals surface area contributed by atoms with Gasteiger partial charge in [0.15, 0.2) is 5.65 Å². The average molecular weight is 395 g/mol. The van der Waals surface area contributed by atoms with E-state index in [1.165, 1.54) is 18.9 Å². The van der Waals surface area contributed by atoms with Gasteiger partial charge < -0.3 is 16.4 Å². The first-order valence-electron chi connectivity index (χ1n) is 10.5. The molecule has 3 aromatic rings. The van der Waals surface area contributed by atoms with Crippen molar-refractivity contribution < 1.29 is 4.39 Å². The maximum Gasteiger partial charge on any atom is 0.222 e. The minimum absolute atomic E-state index is 0.223. The highest BCUT2D eigenvalue weighted by molar-refractivity contribution is 5.80. The molecular formula is C21H26FN7. The number of nitrogens with two attached hydrogens (primary N) is 1. The lowest BCUT2D eigenvalue weighted by molar-refractivity contribution is 0.376. The Hall–Kier alpha value is -2.74. The van der Waals surface area contributed by atoms with E-state index in [0.29, 0.717) is 17.6 Å². The summed E-state index contributed by atoms with van der Waals surface area (Å²) in [6, 6.07) is 6.88. The van der Waals surface area contributed by atoms with E-state index in [1.807, 2.05) is 6.07 Å². The van der Waals surface area contributed by atoms with Gasteiger partial charge in [-0.25, -0.2) is 14.4 Å². The summed E-state index contributed by atoms with van der Waals surface area (Å²) in [7, 11) is 0. The van der Waals surface area contributed by atoms with Crippen LogP contribution in [0.25, 0.3) is 11.2 Å². The normalized spacial score (nSPS) is 18.5. The number of nitrogen functional groups attached to an aromatic ring is 1. The lowest BCUT2D eigenvalue weighted by atomic mass is 10.0. The molecule has 0 bridgehead atoms. The molecule has 7 nitrogen and oxygen atoms in total. The predicted octanol–water partition coefficient (Wildman–Crippen LogP) is 3.87. The fourth-order valence-electron chi connectivity index (χ4n) is 4.68. The van der Waals surface area contributed by atoms with Gasteiger partial charge in [0.25, 0.3) is 0 Å². The van der Waals surface area contributed by atoms with Gasteiger partial charge in [0.1, 0.15) is 11.3 Å². The number of hydrogen-bond acceptors (Lipinski definition) is 6. The Kier molecular flexibility index (Phi) is 4.79. The van der Waals surface area contributed by atoms with Crippen LogP contribution < -0.4 is 16.4 Å². The number of benzene rings is 1. The number of para-hydroxylation sites is 1. The van der Waals surface area contributed by atoms with Crippen molar-refractivity contribution in [2.45, 2.75) is 50.5 Å². The predicted molar refractivity (Wildman–Crippen MR) is 112 cm³/mol. The second-order valence-corrected chi connectivity index (χ2v) is 8.01. The number of nitrogens with one attached hydrogen (secondary N) is 2. The van der Waals surface area contributed by atoms with Crippen LogP contribution in [0.2, 0.25) is 0 Å². The van der Waals surface area contributed by atoms with Gasteiger partial charge in [0.05, 0.1) is 11.4 Å². The summed E-state index contributed by atoms with van der Waals surface area (Å²) in [5.74, 6) is 0.946. The van der Waals surface area contributed by atoms with Crippen molar-refractivity contribution in [2.75, 3.05) is 24.1 Å². The van der Waals surface area contributed by atoms with Crippen LogP contribution in [0.5, 0.6) is 0 Å². The molecule has 2 fully saturated rings. The SMILES string of the molecule is Nc1nc(C2CCCC2)c2nc(Nc3ccccc3F)n(C3CCNCC3)c2n1. The molecule has 5 rings (SSSR count). The molecular weight excluding hydrogens is 369 g/mol. The summed E-state index contributed by atoms with van der Waals surface area (Å²) >= 11 is 0.